The number of hydrogen-bond acceptors (Lipinski definition) is 17. The number of carbonyl (C=O) groups excluding carboxylic acids is 3. The summed E-state index contributed by atoms with van der Waals surface area (Å²) in [7, 11) is -2.29. The summed E-state index contributed by atoms with van der Waals surface area (Å²) in [6.07, 6.45) is 8.59. The third kappa shape index (κ3) is 9.52. The fraction of sp³-hybridized carbons (Fsp3) is 0.447. The van der Waals surface area contributed by atoms with Gasteiger partial charge in [0.1, 0.15) is 55.3 Å². The first-order valence-corrected chi connectivity index (χ1v) is 21.8. The molecule has 12 bridgehead atoms. The lowest BCUT2D eigenvalue weighted by Gasteiger charge is -2.37. The molecule has 21 heteroatoms. The maximum absolute atomic E-state index is 13.6. The van der Waals surface area contributed by atoms with Crippen molar-refractivity contribution < 1.29 is 50.0 Å². The average molecular weight is 832 g/mol. The Balaban J connectivity index is 1.18. The fourth-order valence-corrected chi connectivity index (χ4v) is 6.46. The number of nitrogens with one attached hydrogen (secondary N) is 3. The third-order valence-electron chi connectivity index (χ3n) is 9.61. The maximum atomic E-state index is 13.6. The van der Waals surface area contributed by atoms with Gasteiger partial charge in [-0.15, -0.1) is 0 Å². The number of amides is 3. The topological polar surface area (TPSA) is 262 Å². The zero-order valence-corrected chi connectivity index (χ0v) is 34.8. The van der Waals surface area contributed by atoms with Crippen molar-refractivity contribution in [2.45, 2.75) is 96.6 Å². The highest BCUT2D eigenvalue weighted by Crippen LogP contribution is 2.37. The van der Waals surface area contributed by atoms with E-state index < -0.39 is 43.9 Å². The van der Waals surface area contributed by atoms with Crippen molar-refractivity contribution in [3.8, 4) is 46.3 Å². The van der Waals surface area contributed by atoms with Gasteiger partial charge in [-0.1, -0.05) is 20.8 Å². The molecule has 0 spiro atoms. The Kier molecular flexibility index (Phi) is 11.2. The molecule has 59 heavy (non-hydrogen) atoms. The quantitative estimate of drug-likeness (QED) is 0.101. The number of nitrogens with zero attached hydrogens (tertiary/aromatic N) is 6. The monoisotopic (exact) mass is 831 g/mol. The molecule has 312 valence electrons. The van der Waals surface area contributed by atoms with Gasteiger partial charge in [0, 0.05) is 6.54 Å². The van der Waals surface area contributed by atoms with Crippen molar-refractivity contribution in [2.24, 2.45) is 0 Å². The van der Waals surface area contributed by atoms with E-state index in [9.17, 15) is 14.4 Å². The number of aromatic nitrogens is 6. The van der Waals surface area contributed by atoms with E-state index >= 15 is 0 Å². The molecule has 7 heterocycles. The summed E-state index contributed by atoms with van der Waals surface area (Å²) in [5.41, 5.74) is 0.0809. The Morgan fingerprint density at radius 2 is 1.07 bits per heavy atom. The number of alkyl carbamates (subject to hydrolysis) is 1. The van der Waals surface area contributed by atoms with Crippen molar-refractivity contribution in [3.05, 3.63) is 60.7 Å². The van der Waals surface area contributed by atoms with Crippen LogP contribution in [0.15, 0.2) is 64.1 Å². The van der Waals surface area contributed by atoms with Crippen LogP contribution in [-0.4, -0.2) is 74.9 Å². The SMILES string of the molecule is CC(C)(C)OC(=O)NCCCCC1NC(=O)c2coc(n2)-c2coc(n2)-c2coc(n2)C(CO[Si](C)(C)C(C)(C)C)NC(=O)c2coc(n2)-c2coc(n2)-c2coc1n2. The second kappa shape index (κ2) is 16.1. The second-order valence-electron chi connectivity index (χ2n) is 16.3. The predicted octanol–water partition coefficient (Wildman–Crippen LogP) is 7.26. The average Bonchev–Trinajstić information content (AvgIpc) is 4.00. The first-order valence-electron chi connectivity index (χ1n) is 18.9. The standard InChI is InChI=1S/C38H45N9O11Si/c1-37(2,3)58-36(50)39-12-10-9-11-20-30-44-25(15-53-30)33-45-24(16-54-33)32-43-22(14-52-32)29(49)41-27(19-57-59(7,8)38(4,5)6)35-47-26(18-56-35)34-46-23(17-55-34)31-42-21(13-51-31)28(48)40-20/h13-18,20,27H,9-12,19H2,1-8H3,(H,39,50)(H,40,48)(H,41,49). The van der Waals surface area contributed by atoms with Gasteiger partial charge in [-0.2, -0.15) is 0 Å². The number of ether oxygens (including phenoxy) is 1. The number of fused-ring (bicyclic) bond motifs is 16. The van der Waals surface area contributed by atoms with Gasteiger partial charge in [0.2, 0.25) is 35.3 Å². The van der Waals surface area contributed by atoms with Crippen LogP contribution in [0.25, 0.3) is 46.3 Å². The highest BCUT2D eigenvalue weighted by Gasteiger charge is 2.39. The smallest absolute Gasteiger partial charge is 0.407 e. The summed E-state index contributed by atoms with van der Waals surface area (Å²) in [5, 5.41) is 8.42. The fourth-order valence-electron chi connectivity index (χ4n) is 5.45. The molecule has 3 N–H and O–H groups in total. The molecule has 0 saturated heterocycles. The van der Waals surface area contributed by atoms with Crippen LogP contribution >= 0.6 is 0 Å². The van der Waals surface area contributed by atoms with Crippen LogP contribution in [0.5, 0.6) is 0 Å². The van der Waals surface area contributed by atoms with Gasteiger partial charge in [0.15, 0.2) is 42.5 Å². The number of oxazole rings is 6. The van der Waals surface area contributed by atoms with Gasteiger partial charge in [0.25, 0.3) is 11.8 Å². The van der Waals surface area contributed by atoms with E-state index in [2.05, 4.69) is 79.7 Å². The molecule has 0 fully saturated rings. The highest BCUT2D eigenvalue weighted by molar-refractivity contribution is 6.74. The maximum Gasteiger partial charge on any atom is 0.407 e. The molecule has 0 radical (unpaired) electrons. The first kappa shape index (κ1) is 40.8. The zero-order chi connectivity index (χ0) is 42.1. The Labute approximate surface area is 338 Å². The molecule has 1 aliphatic rings. The van der Waals surface area contributed by atoms with Crippen molar-refractivity contribution in [3.63, 3.8) is 0 Å². The molecule has 2 atom stereocenters. The highest BCUT2D eigenvalue weighted by atomic mass is 28.4. The lowest BCUT2D eigenvalue weighted by atomic mass is 10.1. The second-order valence-corrected chi connectivity index (χ2v) is 21.2. The van der Waals surface area contributed by atoms with Gasteiger partial charge in [-0.05, 0) is 58.2 Å². The molecule has 0 saturated carbocycles. The summed E-state index contributed by atoms with van der Waals surface area (Å²) in [6.45, 7) is 16.2. The predicted molar refractivity (Wildman–Crippen MR) is 207 cm³/mol. The number of unbranched alkanes of at least 4 members (excludes halogenated alkanes) is 1. The summed E-state index contributed by atoms with van der Waals surface area (Å²) >= 11 is 0. The third-order valence-corrected chi connectivity index (χ3v) is 14.1. The molecular formula is C38H45N9O11Si. The summed E-state index contributed by atoms with van der Waals surface area (Å²) in [4.78, 5) is 66.1. The zero-order valence-electron chi connectivity index (χ0n) is 33.8. The largest absolute Gasteiger partial charge is 0.446 e. The van der Waals surface area contributed by atoms with E-state index in [4.69, 9.17) is 35.7 Å². The van der Waals surface area contributed by atoms with Gasteiger partial charge >= 0.3 is 6.09 Å². The summed E-state index contributed by atoms with van der Waals surface area (Å²) in [5.74, 6) is -0.742. The molecule has 6 aromatic rings. The molecule has 7 rings (SSSR count). The van der Waals surface area contributed by atoms with Crippen LogP contribution in [-0.2, 0) is 9.16 Å². The van der Waals surface area contributed by atoms with Gasteiger partial charge < -0.3 is 51.6 Å². The Morgan fingerprint density at radius 1 is 0.644 bits per heavy atom. The first-order chi connectivity index (χ1) is 27.9. The van der Waals surface area contributed by atoms with Crippen LogP contribution in [0.2, 0.25) is 18.1 Å². The van der Waals surface area contributed by atoms with Crippen LogP contribution in [0, 0.1) is 0 Å². The van der Waals surface area contributed by atoms with E-state index in [1.807, 2.05) is 0 Å². The molecule has 2 unspecified atom stereocenters. The van der Waals surface area contributed by atoms with E-state index in [0.29, 0.717) is 25.8 Å². The Morgan fingerprint density at radius 3 is 1.56 bits per heavy atom. The van der Waals surface area contributed by atoms with E-state index in [-0.39, 0.29) is 81.2 Å². The molecular weight excluding hydrogens is 787 g/mol. The van der Waals surface area contributed by atoms with Crippen LogP contribution in [0.3, 0.4) is 0 Å². The minimum absolute atomic E-state index is 0.00564. The van der Waals surface area contributed by atoms with Gasteiger partial charge in [0.05, 0.1) is 6.61 Å². The number of carbonyl (C=O) groups is 3. The summed E-state index contributed by atoms with van der Waals surface area (Å²) < 4.78 is 46.1. The molecule has 3 amide bonds. The lowest BCUT2D eigenvalue weighted by molar-refractivity contribution is 0.0526. The normalized spacial score (nSPS) is 16.3. The number of hydrogen-bond donors (Lipinski definition) is 3. The Bertz CT molecular complexity index is 2420. The Hall–Kier alpha value is -6.35. The minimum atomic E-state index is -2.29. The van der Waals surface area contributed by atoms with Gasteiger partial charge in [-0.25, -0.2) is 34.7 Å². The molecule has 0 aromatic carbocycles. The summed E-state index contributed by atoms with van der Waals surface area (Å²) in [6, 6.07) is -1.60. The van der Waals surface area contributed by atoms with Crippen LogP contribution in [0.4, 0.5) is 4.79 Å². The molecule has 6 aromatic heterocycles. The lowest BCUT2D eigenvalue weighted by Crippen LogP contribution is -2.43. The molecule has 20 nitrogen and oxygen atoms in total. The van der Waals surface area contributed by atoms with Gasteiger partial charge in [-0.3, -0.25) is 9.59 Å². The van der Waals surface area contributed by atoms with E-state index in [0.717, 1.165) is 0 Å². The van der Waals surface area contributed by atoms with Crippen molar-refractivity contribution >= 4 is 26.2 Å². The van der Waals surface area contributed by atoms with Crippen LogP contribution < -0.4 is 16.0 Å². The molecule has 1 aliphatic heterocycles. The van der Waals surface area contributed by atoms with Crippen LogP contribution in [0.1, 0.15) is 106 Å². The minimum Gasteiger partial charge on any atom is -0.446 e. The number of rotatable bonds is 8. The van der Waals surface area contributed by atoms with Crippen molar-refractivity contribution in [1.29, 1.82) is 0 Å². The van der Waals surface area contributed by atoms with E-state index in [1.54, 1.807) is 20.8 Å². The molecule has 0 aliphatic carbocycles. The van der Waals surface area contributed by atoms with Crippen molar-refractivity contribution in [1.82, 2.24) is 45.9 Å². The van der Waals surface area contributed by atoms with E-state index in [1.165, 1.54) is 37.6 Å². The van der Waals surface area contributed by atoms with Crippen molar-refractivity contribution in [2.75, 3.05) is 13.2 Å².